The van der Waals surface area contributed by atoms with E-state index in [1.807, 2.05) is 30.3 Å². The highest BCUT2D eigenvalue weighted by Gasteiger charge is 2.64. The number of ether oxygens (including phenoxy) is 1. The highest BCUT2D eigenvalue weighted by atomic mass is 32.2. The van der Waals surface area contributed by atoms with Gasteiger partial charge in [-0.25, -0.2) is 0 Å². The number of carbonyl (C=O) groups is 1. The van der Waals surface area contributed by atoms with Crippen molar-refractivity contribution >= 4 is 16.1 Å². The van der Waals surface area contributed by atoms with Crippen molar-refractivity contribution < 1.29 is 31.1 Å². The number of rotatable bonds is 5. The van der Waals surface area contributed by atoms with Crippen LogP contribution in [0.4, 0.5) is 13.2 Å². The number of benzene rings is 1. The van der Waals surface area contributed by atoms with Gasteiger partial charge in [0.2, 0.25) is 5.91 Å². The summed E-state index contributed by atoms with van der Waals surface area (Å²) in [5, 5.41) is 0. The van der Waals surface area contributed by atoms with Crippen LogP contribution in [0.25, 0.3) is 0 Å². The first-order chi connectivity index (χ1) is 15.6. The molecule has 0 saturated carbocycles. The number of halogens is 3. The van der Waals surface area contributed by atoms with Crippen LogP contribution in [-0.2, 0) is 26.3 Å². The maximum Gasteiger partial charge on any atom is 0.404 e. The molecular weight excluding hydrogens is 461 g/mol. The third kappa shape index (κ3) is 4.90. The maximum atomic E-state index is 14.2. The highest BCUT2D eigenvalue weighted by molar-refractivity contribution is 7.86. The Morgan fingerprint density at radius 3 is 2.15 bits per heavy atom. The molecule has 1 aromatic rings. The summed E-state index contributed by atoms with van der Waals surface area (Å²) in [5.74, 6) is -0.950. The number of hydrogen-bond donors (Lipinski definition) is 0. The van der Waals surface area contributed by atoms with Crippen LogP contribution in [-0.4, -0.2) is 104 Å². The minimum atomic E-state index is -4.69. The van der Waals surface area contributed by atoms with Gasteiger partial charge in [0.15, 0.2) is 5.41 Å². The first-order valence-corrected chi connectivity index (χ1v) is 12.5. The minimum absolute atomic E-state index is 0.0207. The third-order valence-corrected chi connectivity index (χ3v) is 8.73. The van der Waals surface area contributed by atoms with E-state index in [1.165, 1.54) is 13.5 Å². The van der Waals surface area contributed by atoms with E-state index in [4.69, 9.17) is 4.74 Å². The fraction of sp³-hybridized carbons (Fsp3) is 0.667. The summed E-state index contributed by atoms with van der Waals surface area (Å²) in [5.41, 5.74) is -1.57. The molecule has 4 rings (SSSR count). The van der Waals surface area contributed by atoms with Gasteiger partial charge < -0.3 is 9.64 Å². The van der Waals surface area contributed by atoms with E-state index in [-0.39, 0.29) is 52.2 Å². The van der Waals surface area contributed by atoms with Crippen molar-refractivity contribution in [2.75, 3.05) is 65.6 Å². The van der Waals surface area contributed by atoms with Crippen LogP contribution in [0.15, 0.2) is 30.3 Å². The molecule has 184 valence electrons. The van der Waals surface area contributed by atoms with Gasteiger partial charge in [-0.3, -0.25) is 9.69 Å². The molecule has 0 spiro atoms. The van der Waals surface area contributed by atoms with Crippen molar-refractivity contribution in [1.29, 1.82) is 0 Å². The number of nitrogens with zero attached hydrogens (tertiary/aromatic N) is 4. The molecule has 1 unspecified atom stereocenters. The Kier molecular flexibility index (Phi) is 7.02. The molecule has 0 radical (unpaired) electrons. The second-order valence-electron chi connectivity index (χ2n) is 8.74. The zero-order chi connectivity index (χ0) is 23.7. The SMILES string of the molecule is O=C(N1CCN(S(=O)(=O)N2CCOCC2)CC1)C1(C(F)(F)F)CCN(Cc2ccccc2)C1. The van der Waals surface area contributed by atoms with Crippen molar-refractivity contribution in [3.05, 3.63) is 35.9 Å². The summed E-state index contributed by atoms with van der Waals surface area (Å²) in [6, 6.07) is 9.21. The third-order valence-electron chi connectivity index (χ3n) is 6.70. The van der Waals surface area contributed by atoms with Gasteiger partial charge in [-0.15, -0.1) is 0 Å². The van der Waals surface area contributed by atoms with Crippen molar-refractivity contribution in [2.24, 2.45) is 5.41 Å². The number of likely N-dealkylation sites (tertiary alicyclic amines) is 1. The summed E-state index contributed by atoms with van der Waals surface area (Å²) in [6.45, 7) is 1.08. The molecule has 0 bridgehead atoms. The van der Waals surface area contributed by atoms with Crippen LogP contribution < -0.4 is 0 Å². The Morgan fingerprint density at radius 2 is 1.55 bits per heavy atom. The number of hydrogen-bond acceptors (Lipinski definition) is 5. The van der Waals surface area contributed by atoms with Crippen molar-refractivity contribution in [1.82, 2.24) is 18.4 Å². The topological polar surface area (TPSA) is 73.4 Å². The smallest absolute Gasteiger partial charge is 0.379 e. The average Bonchev–Trinajstić information content (AvgIpc) is 3.25. The average molecular weight is 491 g/mol. The van der Waals surface area contributed by atoms with Gasteiger partial charge in [0.25, 0.3) is 10.2 Å². The molecule has 0 aliphatic carbocycles. The zero-order valence-corrected chi connectivity index (χ0v) is 19.2. The lowest BCUT2D eigenvalue weighted by Crippen LogP contribution is -2.60. The molecule has 8 nitrogen and oxygen atoms in total. The predicted molar refractivity (Wildman–Crippen MR) is 114 cm³/mol. The molecule has 12 heteroatoms. The van der Waals surface area contributed by atoms with E-state index < -0.39 is 34.3 Å². The summed E-state index contributed by atoms with van der Waals surface area (Å²) in [6.07, 6.45) is -4.99. The van der Waals surface area contributed by atoms with Crippen LogP contribution >= 0.6 is 0 Å². The Labute approximate surface area is 192 Å². The van der Waals surface area contributed by atoms with Gasteiger partial charge in [-0.2, -0.15) is 30.2 Å². The van der Waals surface area contributed by atoms with E-state index in [1.54, 1.807) is 4.90 Å². The summed E-state index contributed by atoms with van der Waals surface area (Å²) in [4.78, 5) is 16.1. The van der Waals surface area contributed by atoms with Crippen molar-refractivity contribution in [2.45, 2.75) is 19.1 Å². The van der Waals surface area contributed by atoms with E-state index in [9.17, 15) is 26.4 Å². The molecule has 1 atom stereocenters. The normalized spacial score (nSPS) is 26.6. The number of carbonyl (C=O) groups excluding carboxylic acids is 1. The molecule has 3 aliphatic heterocycles. The summed E-state index contributed by atoms with van der Waals surface area (Å²) >= 11 is 0. The van der Waals surface area contributed by atoms with Gasteiger partial charge in [0, 0.05) is 52.4 Å². The second kappa shape index (κ2) is 9.49. The quantitative estimate of drug-likeness (QED) is 0.620. The lowest BCUT2D eigenvalue weighted by molar-refractivity contribution is -0.224. The Bertz CT molecular complexity index is 933. The first-order valence-electron chi connectivity index (χ1n) is 11.1. The van der Waals surface area contributed by atoms with E-state index in [2.05, 4.69) is 0 Å². The summed E-state index contributed by atoms with van der Waals surface area (Å²) < 4.78 is 76.1. The van der Waals surface area contributed by atoms with Gasteiger partial charge >= 0.3 is 6.18 Å². The van der Waals surface area contributed by atoms with E-state index in [0.29, 0.717) is 19.8 Å². The Balaban J connectivity index is 1.42. The van der Waals surface area contributed by atoms with Gasteiger partial charge in [-0.05, 0) is 18.5 Å². The van der Waals surface area contributed by atoms with Crippen molar-refractivity contribution in [3.63, 3.8) is 0 Å². The Morgan fingerprint density at radius 1 is 0.939 bits per heavy atom. The van der Waals surface area contributed by atoms with Crippen molar-refractivity contribution in [3.8, 4) is 0 Å². The molecular formula is C21H29F3N4O4S. The zero-order valence-electron chi connectivity index (χ0n) is 18.3. The fourth-order valence-electron chi connectivity index (χ4n) is 4.76. The van der Waals surface area contributed by atoms with Gasteiger partial charge in [0.1, 0.15) is 0 Å². The molecule has 3 heterocycles. The monoisotopic (exact) mass is 490 g/mol. The van der Waals surface area contributed by atoms with Crippen LogP contribution in [0.5, 0.6) is 0 Å². The van der Waals surface area contributed by atoms with Crippen LogP contribution in [0, 0.1) is 5.41 Å². The number of alkyl halides is 3. The van der Waals surface area contributed by atoms with Crippen LogP contribution in [0.3, 0.4) is 0 Å². The molecule has 0 N–H and O–H groups in total. The molecule has 3 fully saturated rings. The summed E-state index contributed by atoms with van der Waals surface area (Å²) in [7, 11) is -3.72. The lowest BCUT2D eigenvalue weighted by Gasteiger charge is -2.41. The minimum Gasteiger partial charge on any atom is -0.379 e. The molecule has 1 amide bonds. The maximum absolute atomic E-state index is 14.2. The molecule has 3 saturated heterocycles. The standard InChI is InChI=1S/C21H29F3N4O4S/c22-21(23,24)20(6-7-25(17-20)16-18-4-2-1-3-5-18)19(29)26-8-10-27(11-9-26)33(30,31)28-12-14-32-15-13-28/h1-5H,6-17H2. The van der Waals surface area contributed by atoms with E-state index >= 15 is 0 Å². The first kappa shape index (κ1) is 24.4. The molecule has 33 heavy (non-hydrogen) atoms. The number of amides is 1. The largest absolute Gasteiger partial charge is 0.404 e. The number of morpholine rings is 1. The molecule has 1 aromatic carbocycles. The fourth-order valence-corrected chi connectivity index (χ4v) is 6.32. The predicted octanol–water partition coefficient (Wildman–Crippen LogP) is 1.16. The molecule has 3 aliphatic rings. The van der Waals surface area contributed by atoms with Crippen LogP contribution in [0.1, 0.15) is 12.0 Å². The van der Waals surface area contributed by atoms with Gasteiger partial charge in [0.05, 0.1) is 13.2 Å². The van der Waals surface area contributed by atoms with E-state index in [0.717, 1.165) is 5.56 Å². The highest BCUT2D eigenvalue weighted by Crippen LogP contribution is 2.47. The number of piperazine rings is 1. The Hall–Kier alpha value is -1.73. The second-order valence-corrected chi connectivity index (χ2v) is 10.7. The molecule has 0 aromatic heterocycles. The lowest BCUT2D eigenvalue weighted by atomic mass is 9.84. The van der Waals surface area contributed by atoms with Gasteiger partial charge in [-0.1, -0.05) is 30.3 Å². The van der Waals surface area contributed by atoms with Crippen LogP contribution in [0.2, 0.25) is 0 Å².